The molecule has 2 unspecified atom stereocenters. The van der Waals surface area contributed by atoms with E-state index in [1.165, 1.54) is 13.0 Å². The van der Waals surface area contributed by atoms with Crippen molar-refractivity contribution in [1.82, 2.24) is 0 Å². The first-order valence-electron chi connectivity index (χ1n) is 3.48. The minimum atomic E-state index is -0.349. The van der Waals surface area contributed by atoms with Gasteiger partial charge in [-0.15, -0.1) is 0 Å². The maximum Gasteiger partial charge on any atom is 0.0932 e. The second-order valence-electron chi connectivity index (χ2n) is 3.55. The number of hydrogen-bond donors (Lipinski definition) is 1. The molecule has 0 aromatic carbocycles. The minimum absolute atomic E-state index is 0.0255. The molecule has 0 saturated heterocycles. The number of rotatable bonds is 1. The van der Waals surface area contributed by atoms with E-state index in [2.05, 4.69) is 0 Å². The highest BCUT2D eigenvalue weighted by molar-refractivity contribution is 5.16. The fourth-order valence-electron chi connectivity index (χ4n) is 1.20. The van der Waals surface area contributed by atoms with Gasteiger partial charge in [0.25, 0.3) is 0 Å². The van der Waals surface area contributed by atoms with E-state index in [9.17, 15) is 9.50 Å². The molecule has 1 N–H and O–H groups in total. The van der Waals surface area contributed by atoms with Crippen molar-refractivity contribution in [1.29, 1.82) is 0 Å². The van der Waals surface area contributed by atoms with Crippen LogP contribution >= 0.6 is 0 Å². The Kier molecular flexibility index (Phi) is 1.59. The second kappa shape index (κ2) is 2.06. The normalized spacial score (nSPS) is 37.9. The lowest BCUT2D eigenvalue weighted by molar-refractivity contribution is 0.232. The lowest BCUT2D eigenvalue weighted by Gasteiger charge is -1.94. The summed E-state index contributed by atoms with van der Waals surface area (Å²) in [5, 5.41) is 9.19. The first-order chi connectivity index (χ1) is 4.46. The van der Waals surface area contributed by atoms with E-state index in [4.69, 9.17) is 0 Å². The fourth-order valence-corrected chi connectivity index (χ4v) is 1.20. The van der Waals surface area contributed by atoms with Gasteiger partial charge >= 0.3 is 0 Å². The Morgan fingerprint density at radius 2 is 2.00 bits per heavy atom. The monoisotopic (exact) mass is 144 g/mol. The number of allylic oxidation sites excluding steroid dienone is 1. The van der Waals surface area contributed by atoms with Crippen LogP contribution in [0.15, 0.2) is 11.9 Å². The number of hydrogen-bond acceptors (Lipinski definition) is 1. The summed E-state index contributed by atoms with van der Waals surface area (Å²) in [4.78, 5) is 0. The summed E-state index contributed by atoms with van der Waals surface area (Å²) in [6.07, 6.45) is 1.14. The number of aliphatic hydroxyl groups is 1. The lowest BCUT2D eigenvalue weighted by Crippen LogP contribution is -1.91. The molecule has 0 spiro atoms. The van der Waals surface area contributed by atoms with Crippen LogP contribution in [0.25, 0.3) is 0 Å². The van der Waals surface area contributed by atoms with Crippen LogP contribution in [-0.4, -0.2) is 11.2 Å². The molecule has 2 atom stereocenters. The molecule has 1 aliphatic rings. The van der Waals surface area contributed by atoms with Gasteiger partial charge in [-0.3, -0.25) is 0 Å². The first-order valence-corrected chi connectivity index (χ1v) is 3.48. The molecule has 1 nitrogen and oxygen atoms in total. The zero-order valence-electron chi connectivity index (χ0n) is 6.56. The summed E-state index contributed by atoms with van der Waals surface area (Å²) in [6, 6.07) is 0. The summed E-state index contributed by atoms with van der Waals surface area (Å²) in [5.74, 6) is -0.174. The average Bonchev–Trinajstić information content (AvgIpc) is 2.17. The van der Waals surface area contributed by atoms with Gasteiger partial charge in [-0.25, -0.2) is 4.39 Å². The molecule has 2 heteroatoms. The average molecular weight is 144 g/mol. The van der Waals surface area contributed by atoms with Crippen LogP contribution in [0.4, 0.5) is 4.39 Å². The van der Waals surface area contributed by atoms with E-state index >= 15 is 0 Å². The van der Waals surface area contributed by atoms with Crippen molar-refractivity contribution in [3.8, 4) is 0 Å². The van der Waals surface area contributed by atoms with Crippen molar-refractivity contribution in [2.24, 2.45) is 11.3 Å². The molecular weight excluding hydrogens is 131 g/mol. The SMILES string of the molecule is CC(F)=CC1C(O)C1(C)C. The Hall–Kier alpha value is -0.370. The van der Waals surface area contributed by atoms with Crippen LogP contribution in [-0.2, 0) is 0 Å². The summed E-state index contributed by atoms with van der Waals surface area (Å²) in [5.41, 5.74) is -0.104. The van der Waals surface area contributed by atoms with Crippen LogP contribution < -0.4 is 0 Å². The predicted octanol–water partition coefficient (Wildman–Crippen LogP) is 1.88. The van der Waals surface area contributed by atoms with E-state index in [1.54, 1.807) is 0 Å². The molecule has 10 heavy (non-hydrogen) atoms. The van der Waals surface area contributed by atoms with E-state index in [0.29, 0.717) is 0 Å². The second-order valence-corrected chi connectivity index (χ2v) is 3.55. The summed E-state index contributed by atoms with van der Waals surface area (Å²) in [7, 11) is 0. The lowest BCUT2D eigenvalue weighted by atomic mass is 10.1. The molecule has 1 fully saturated rings. The molecule has 0 bridgehead atoms. The minimum Gasteiger partial charge on any atom is -0.392 e. The highest BCUT2D eigenvalue weighted by Crippen LogP contribution is 2.52. The Bertz CT molecular complexity index is 168. The van der Waals surface area contributed by atoms with Gasteiger partial charge in [-0.1, -0.05) is 13.8 Å². The molecule has 0 aromatic rings. The van der Waals surface area contributed by atoms with Crippen molar-refractivity contribution in [2.45, 2.75) is 26.9 Å². The van der Waals surface area contributed by atoms with Crippen LogP contribution in [0, 0.1) is 11.3 Å². The molecule has 0 radical (unpaired) electrons. The Morgan fingerprint density at radius 3 is 2.10 bits per heavy atom. The number of aliphatic hydroxyl groups excluding tert-OH is 1. The van der Waals surface area contributed by atoms with Gasteiger partial charge < -0.3 is 5.11 Å². The molecule has 0 aromatic heterocycles. The molecule has 1 saturated carbocycles. The quantitative estimate of drug-likeness (QED) is 0.595. The maximum absolute atomic E-state index is 12.3. The van der Waals surface area contributed by atoms with Crippen molar-refractivity contribution in [3.63, 3.8) is 0 Å². The van der Waals surface area contributed by atoms with Gasteiger partial charge in [-0.05, 0) is 13.0 Å². The highest BCUT2D eigenvalue weighted by Gasteiger charge is 2.55. The summed E-state index contributed by atoms with van der Waals surface area (Å²) >= 11 is 0. The molecule has 0 heterocycles. The van der Waals surface area contributed by atoms with E-state index in [0.717, 1.165) is 0 Å². The van der Waals surface area contributed by atoms with Gasteiger partial charge in [-0.2, -0.15) is 0 Å². The first kappa shape index (κ1) is 7.73. The van der Waals surface area contributed by atoms with Gasteiger partial charge in [0.1, 0.15) is 0 Å². The highest BCUT2D eigenvalue weighted by atomic mass is 19.1. The summed E-state index contributed by atoms with van der Waals surface area (Å²) in [6.45, 7) is 5.27. The molecule has 1 aliphatic carbocycles. The Labute approximate surface area is 60.6 Å². The molecule has 0 amide bonds. The van der Waals surface area contributed by atoms with Crippen LogP contribution in [0.3, 0.4) is 0 Å². The number of halogens is 1. The van der Waals surface area contributed by atoms with Crippen LogP contribution in [0.1, 0.15) is 20.8 Å². The standard InChI is InChI=1S/C8H13FO/c1-5(9)4-6-7(10)8(6,2)3/h4,6-7,10H,1-3H3. The van der Waals surface area contributed by atoms with Crippen molar-refractivity contribution < 1.29 is 9.50 Å². The van der Waals surface area contributed by atoms with E-state index in [1.807, 2.05) is 13.8 Å². The van der Waals surface area contributed by atoms with E-state index in [-0.39, 0.29) is 23.3 Å². The third-order valence-corrected chi connectivity index (χ3v) is 2.26. The van der Waals surface area contributed by atoms with Gasteiger partial charge in [0.05, 0.1) is 11.9 Å². The molecule has 0 aliphatic heterocycles. The predicted molar refractivity (Wildman–Crippen MR) is 38.1 cm³/mol. The van der Waals surface area contributed by atoms with Gasteiger partial charge in [0.2, 0.25) is 0 Å². The summed E-state index contributed by atoms with van der Waals surface area (Å²) < 4.78 is 12.3. The van der Waals surface area contributed by atoms with E-state index < -0.39 is 0 Å². The Morgan fingerprint density at radius 1 is 1.60 bits per heavy atom. The van der Waals surface area contributed by atoms with Crippen molar-refractivity contribution in [2.75, 3.05) is 0 Å². The van der Waals surface area contributed by atoms with Gasteiger partial charge in [0, 0.05) is 11.3 Å². The van der Waals surface area contributed by atoms with Crippen LogP contribution in [0.2, 0.25) is 0 Å². The largest absolute Gasteiger partial charge is 0.392 e. The molecule has 58 valence electrons. The Balaban J connectivity index is 2.58. The van der Waals surface area contributed by atoms with Crippen molar-refractivity contribution in [3.05, 3.63) is 11.9 Å². The molecular formula is C8H13FO. The maximum atomic E-state index is 12.3. The topological polar surface area (TPSA) is 20.2 Å². The third-order valence-electron chi connectivity index (χ3n) is 2.26. The fraction of sp³-hybridized carbons (Fsp3) is 0.750. The van der Waals surface area contributed by atoms with Gasteiger partial charge in [0.15, 0.2) is 0 Å². The van der Waals surface area contributed by atoms with Crippen LogP contribution in [0.5, 0.6) is 0 Å². The zero-order valence-corrected chi connectivity index (χ0v) is 6.56. The zero-order chi connectivity index (χ0) is 7.94. The van der Waals surface area contributed by atoms with Crippen molar-refractivity contribution >= 4 is 0 Å². The smallest absolute Gasteiger partial charge is 0.0932 e. The third kappa shape index (κ3) is 1.08. The molecule has 1 rings (SSSR count).